The van der Waals surface area contributed by atoms with Crippen LogP contribution < -0.4 is 10.5 Å². The summed E-state index contributed by atoms with van der Waals surface area (Å²) in [5.41, 5.74) is 8.04. The van der Waals surface area contributed by atoms with Gasteiger partial charge in [0.1, 0.15) is 17.3 Å². The van der Waals surface area contributed by atoms with E-state index in [0.29, 0.717) is 22.1 Å². The van der Waals surface area contributed by atoms with Crippen molar-refractivity contribution in [3.63, 3.8) is 0 Å². The molecular formula is C15H15ClN2O. The first-order chi connectivity index (χ1) is 8.99. The predicted octanol–water partition coefficient (Wildman–Crippen LogP) is 4.03. The van der Waals surface area contributed by atoms with Crippen molar-refractivity contribution in [2.45, 2.75) is 13.8 Å². The Balaban J connectivity index is 2.42. The lowest BCUT2D eigenvalue weighted by Crippen LogP contribution is -2.12. The molecular weight excluding hydrogens is 260 g/mol. The van der Waals surface area contributed by atoms with E-state index >= 15 is 0 Å². The highest BCUT2D eigenvalue weighted by molar-refractivity contribution is 6.31. The van der Waals surface area contributed by atoms with E-state index in [1.54, 1.807) is 18.2 Å². The lowest BCUT2D eigenvalue weighted by Gasteiger charge is -2.13. The highest BCUT2D eigenvalue weighted by Crippen LogP contribution is 2.30. The van der Waals surface area contributed by atoms with Gasteiger partial charge in [0.15, 0.2) is 0 Å². The molecule has 19 heavy (non-hydrogen) atoms. The van der Waals surface area contributed by atoms with Crippen molar-refractivity contribution in [3.8, 4) is 11.5 Å². The Hall–Kier alpha value is -2.00. The van der Waals surface area contributed by atoms with Crippen molar-refractivity contribution in [3.05, 3.63) is 58.1 Å². The maximum absolute atomic E-state index is 7.59. The van der Waals surface area contributed by atoms with E-state index in [0.717, 1.165) is 11.1 Å². The summed E-state index contributed by atoms with van der Waals surface area (Å²) in [5, 5.41) is 8.29. The molecule has 2 aromatic carbocycles. The smallest absolute Gasteiger partial charge is 0.141 e. The Kier molecular flexibility index (Phi) is 3.76. The van der Waals surface area contributed by atoms with Crippen molar-refractivity contribution < 1.29 is 4.74 Å². The number of nitrogens with one attached hydrogen (secondary N) is 1. The number of aryl methyl sites for hydroxylation is 2. The zero-order valence-corrected chi connectivity index (χ0v) is 11.6. The van der Waals surface area contributed by atoms with Crippen LogP contribution in [0.5, 0.6) is 11.5 Å². The van der Waals surface area contributed by atoms with E-state index in [4.69, 9.17) is 27.5 Å². The third-order valence-electron chi connectivity index (χ3n) is 2.85. The largest absolute Gasteiger partial charge is 0.456 e. The van der Waals surface area contributed by atoms with E-state index < -0.39 is 0 Å². The fraction of sp³-hybridized carbons (Fsp3) is 0.133. The normalized spacial score (nSPS) is 10.3. The minimum Gasteiger partial charge on any atom is -0.456 e. The second kappa shape index (κ2) is 5.33. The molecule has 0 saturated carbocycles. The molecule has 0 unspecified atom stereocenters. The van der Waals surface area contributed by atoms with Crippen LogP contribution in [0.15, 0.2) is 36.4 Å². The Morgan fingerprint density at radius 2 is 1.89 bits per heavy atom. The highest BCUT2D eigenvalue weighted by Gasteiger charge is 2.11. The summed E-state index contributed by atoms with van der Waals surface area (Å²) in [5.74, 6) is 1.28. The number of ether oxygens (including phenoxy) is 1. The minimum absolute atomic E-state index is 0.00983. The average molecular weight is 275 g/mol. The van der Waals surface area contributed by atoms with E-state index in [9.17, 15) is 0 Å². The van der Waals surface area contributed by atoms with Crippen LogP contribution in [0.1, 0.15) is 16.7 Å². The molecule has 0 saturated heterocycles. The lowest BCUT2D eigenvalue weighted by atomic mass is 10.1. The van der Waals surface area contributed by atoms with Gasteiger partial charge in [-0.25, -0.2) is 0 Å². The molecule has 0 fully saturated rings. The molecule has 0 aliphatic rings. The second-order valence-electron chi connectivity index (χ2n) is 4.38. The number of halogens is 1. The number of nitrogens with two attached hydrogens (primary N) is 1. The topological polar surface area (TPSA) is 59.1 Å². The Morgan fingerprint density at radius 1 is 1.16 bits per heavy atom. The summed E-state index contributed by atoms with van der Waals surface area (Å²) in [6, 6.07) is 11.0. The molecule has 0 amide bonds. The van der Waals surface area contributed by atoms with Gasteiger partial charge in [0.2, 0.25) is 0 Å². The molecule has 2 rings (SSSR count). The van der Waals surface area contributed by atoms with Crippen molar-refractivity contribution in [1.29, 1.82) is 5.41 Å². The first kappa shape index (κ1) is 13.4. The van der Waals surface area contributed by atoms with Crippen LogP contribution in [0.25, 0.3) is 0 Å². The van der Waals surface area contributed by atoms with E-state index in [1.165, 1.54) is 0 Å². The van der Waals surface area contributed by atoms with Crippen LogP contribution in [-0.2, 0) is 0 Å². The fourth-order valence-corrected chi connectivity index (χ4v) is 1.92. The van der Waals surface area contributed by atoms with Gasteiger partial charge in [-0.3, -0.25) is 5.41 Å². The molecule has 3 nitrogen and oxygen atoms in total. The SMILES string of the molecule is Cc1cc(Oc2c(C)cccc2C(=N)N)ccc1Cl. The van der Waals surface area contributed by atoms with E-state index in [2.05, 4.69) is 0 Å². The molecule has 0 aliphatic carbocycles. The maximum Gasteiger partial charge on any atom is 0.141 e. The van der Waals surface area contributed by atoms with Crippen LogP contribution in [0.4, 0.5) is 0 Å². The van der Waals surface area contributed by atoms with Crippen LogP contribution in [0.2, 0.25) is 5.02 Å². The van der Waals surface area contributed by atoms with Gasteiger partial charge < -0.3 is 10.5 Å². The Bertz CT molecular complexity index is 638. The van der Waals surface area contributed by atoms with Gasteiger partial charge in [-0.2, -0.15) is 0 Å². The molecule has 0 heterocycles. The van der Waals surface area contributed by atoms with Crippen LogP contribution in [-0.4, -0.2) is 5.84 Å². The summed E-state index contributed by atoms with van der Waals surface area (Å²) in [6.45, 7) is 3.84. The number of rotatable bonds is 3. The number of hydrogen-bond acceptors (Lipinski definition) is 2. The van der Waals surface area contributed by atoms with Crippen molar-refractivity contribution >= 4 is 17.4 Å². The quantitative estimate of drug-likeness (QED) is 0.656. The molecule has 98 valence electrons. The number of hydrogen-bond donors (Lipinski definition) is 2. The molecule has 0 atom stereocenters. The molecule has 4 heteroatoms. The first-order valence-electron chi connectivity index (χ1n) is 5.87. The number of nitrogen functional groups attached to an aromatic ring is 1. The lowest BCUT2D eigenvalue weighted by molar-refractivity contribution is 0.477. The molecule has 0 radical (unpaired) electrons. The van der Waals surface area contributed by atoms with Crippen LogP contribution in [0, 0.1) is 19.3 Å². The van der Waals surface area contributed by atoms with Gasteiger partial charge in [-0.1, -0.05) is 23.7 Å². The molecule has 2 aromatic rings. The summed E-state index contributed by atoms with van der Waals surface area (Å²) >= 11 is 5.99. The number of benzene rings is 2. The van der Waals surface area contributed by atoms with Gasteiger partial charge in [0, 0.05) is 5.02 Å². The first-order valence-corrected chi connectivity index (χ1v) is 6.25. The molecule has 0 spiro atoms. The highest BCUT2D eigenvalue weighted by atomic mass is 35.5. The summed E-state index contributed by atoms with van der Waals surface area (Å²) < 4.78 is 5.86. The summed E-state index contributed by atoms with van der Waals surface area (Å²) in [4.78, 5) is 0. The molecule has 0 aliphatic heterocycles. The van der Waals surface area contributed by atoms with Crippen LogP contribution in [0.3, 0.4) is 0 Å². The minimum atomic E-state index is -0.00983. The van der Waals surface area contributed by atoms with Gasteiger partial charge in [0.25, 0.3) is 0 Å². The van der Waals surface area contributed by atoms with Crippen molar-refractivity contribution in [2.24, 2.45) is 5.73 Å². The fourth-order valence-electron chi connectivity index (χ4n) is 1.80. The van der Waals surface area contributed by atoms with E-state index in [1.807, 2.05) is 32.0 Å². The van der Waals surface area contributed by atoms with Crippen molar-refractivity contribution in [1.82, 2.24) is 0 Å². The number of amidine groups is 1. The zero-order chi connectivity index (χ0) is 14.0. The third-order valence-corrected chi connectivity index (χ3v) is 3.28. The standard InChI is InChI=1S/C15H15ClN2O/c1-9-4-3-5-12(15(17)18)14(9)19-11-6-7-13(16)10(2)8-11/h3-8H,1-2H3,(H3,17,18). The summed E-state index contributed by atoms with van der Waals surface area (Å²) in [7, 11) is 0. The third kappa shape index (κ3) is 2.88. The maximum atomic E-state index is 7.59. The van der Waals surface area contributed by atoms with Gasteiger partial charge in [0.05, 0.1) is 5.56 Å². The van der Waals surface area contributed by atoms with Crippen molar-refractivity contribution in [2.75, 3.05) is 0 Å². The van der Waals surface area contributed by atoms with Crippen LogP contribution >= 0.6 is 11.6 Å². The molecule has 3 N–H and O–H groups in total. The second-order valence-corrected chi connectivity index (χ2v) is 4.79. The Labute approximate surface area is 117 Å². The monoisotopic (exact) mass is 274 g/mol. The predicted molar refractivity (Wildman–Crippen MR) is 78.5 cm³/mol. The van der Waals surface area contributed by atoms with Gasteiger partial charge in [-0.15, -0.1) is 0 Å². The Morgan fingerprint density at radius 3 is 2.53 bits per heavy atom. The summed E-state index contributed by atoms with van der Waals surface area (Å²) in [6.07, 6.45) is 0. The molecule has 0 aromatic heterocycles. The van der Waals surface area contributed by atoms with E-state index in [-0.39, 0.29) is 5.84 Å². The number of para-hydroxylation sites is 1. The van der Waals surface area contributed by atoms with Gasteiger partial charge >= 0.3 is 0 Å². The molecule has 0 bridgehead atoms. The van der Waals surface area contributed by atoms with Gasteiger partial charge in [-0.05, 0) is 49.2 Å². The zero-order valence-electron chi connectivity index (χ0n) is 10.8. The average Bonchev–Trinajstić information content (AvgIpc) is 2.36.